The van der Waals surface area contributed by atoms with Crippen molar-refractivity contribution in [3.05, 3.63) is 77.4 Å². The van der Waals surface area contributed by atoms with Crippen molar-refractivity contribution in [3.63, 3.8) is 0 Å². The second kappa shape index (κ2) is 8.44. The summed E-state index contributed by atoms with van der Waals surface area (Å²) in [7, 11) is -0.519. The first-order valence-electron chi connectivity index (χ1n) is 12.0. The number of carbonyl (C=O) groups excluding carboxylic acids is 2. The zero-order valence-corrected chi connectivity index (χ0v) is 21.4. The van der Waals surface area contributed by atoms with Gasteiger partial charge in [0.1, 0.15) is 0 Å². The van der Waals surface area contributed by atoms with Crippen molar-refractivity contribution >= 4 is 24.9 Å². The van der Waals surface area contributed by atoms with Gasteiger partial charge in [-0.15, -0.1) is 0 Å². The molecule has 0 spiro atoms. The molecule has 35 heavy (non-hydrogen) atoms. The third-order valence-electron chi connectivity index (χ3n) is 8.10. The highest BCUT2D eigenvalue weighted by Crippen LogP contribution is 2.55. The molecule has 2 fully saturated rings. The minimum Gasteiger partial charge on any atom is -0.399 e. The molecule has 7 heteroatoms. The number of hydrogen-bond acceptors (Lipinski definition) is 5. The number of imide groups is 1. The topological polar surface area (TPSA) is 76.1 Å². The van der Waals surface area contributed by atoms with Crippen molar-refractivity contribution in [3.8, 4) is 0 Å². The van der Waals surface area contributed by atoms with Crippen molar-refractivity contribution in [2.45, 2.75) is 76.7 Å². The second-order valence-electron chi connectivity index (χ2n) is 11.0. The van der Waals surface area contributed by atoms with Gasteiger partial charge in [-0.05, 0) is 69.8 Å². The molecule has 4 rings (SSSR count). The summed E-state index contributed by atoms with van der Waals surface area (Å²) in [6.07, 6.45) is 0.942. The average Bonchev–Trinajstić information content (AvgIpc) is 2.99. The van der Waals surface area contributed by atoms with Gasteiger partial charge in [0.25, 0.3) is 5.91 Å². The van der Waals surface area contributed by atoms with Crippen molar-refractivity contribution < 1.29 is 24.0 Å². The molecule has 1 heterocycles. The molecule has 2 amide bonds. The zero-order valence-electron chi connectivity index (χ0n) is 21.4. The van der Waals surface area contributed by atoms with Crippen LogP contribution in [0.25, 0.3) is 0 Å². The highest BCUT2D eigenvalue weighted by Gasteiger charge is 2.60. The molecule has 0 radical (unpaired) electrons. The van der Waals surface area contributed by atoms with Crippen molar-refractivity contribution in [2.24, 2.45) is 0 Å². The van der Waals surface area contributed by atoms with E-state index < -0.39 is 35.4 Å². The Balaban J connectivity index is 1.71. The van der Waals surface area contributed by atoms with Gasteiger partial charge in [0.15, 0.2) is 0 Å². The van der Waals surface area contributed by atoms with Gasteiger partial charge in [0.2, 0.25) is 6.41 Å². The lowest BCUT2D eigenvalue weighted by Crippen LogP contribution is -2.64. The first kappa shape index (κ1) is 25.4. The fraction of sp³-hybridized carbons (Fsp3) is 0.429. The number of aryl methyl sites for hydroxylation is 1. The van der Waals surface area contributed by atoms with Crippen LogP contribution >= 0.6 is 0 Å². The van der Waals surface area contributed by atoms with E-state index in [1.807, 2.05) is 71.0 Å². The van der Waals surface area contributed by atoms with E-state index in [1.165, 1.54) is 4.90 Å². The van der Waals surface area contributed by atoms with Crippen LogP contribution in [0.3, 0.4) is 0 Å². The van der Waals surface area contributed by atoms with Gasteiger partial charge in [-0.25, -0.2) is 0 Å². The van der Waals surface area contributed by atoms with E-state index in [0.29, 0.717) is 17.5 Å². The summed E-state index contributed by atoms with van der Waals surface area (Å²) in [6.45, 7) is 15.5. The Bertz CT molecular complexity index is 1150. The third kappa shape index (κ3) is 4.05. The predicted molar refractivity (Wildman–Crippen MR) is 136 cm³/mol. The molecular formula is C28H34BNO5. The Morgan fingerprint density at radius 1 is 1.03 bits per heavy atom. The molecule has 0 bridgehead atoms. The van der Waals surface area contributed by atoms with Crippen LogP contribution in [0.1, 0.15) is 68.9 Å². The Kier molecular flexibility index (Phi) is 6.11. The molecule has 1 aliphatic heterocycles. The largest absolute Gasteiger partial charge is 0.494 e. The molecule has 184 valence electrons. The van der Waals surface area contributed by atoms with E-state index in [-0.39, 0.29) is 12.8 Å². The number of benzene rings is 2. The van der Waals surface area contributed by atoms with Gasteiger partial charge in [-0.3, -0.25) is 14.5 Å². The van der Waals surface area contributed by atoms with Gasteiger partial charge < -0.3 is 14.4 Å². The average molecular weight is 475 g/mol. The lowest BCUT2D eigenvalue weighted by Gasteiger charge is -2.57. The smallest absolute Gasteiger partial charge is 0.399 e. The fourth-order valence-electron chi connectivity index (χ4n) is 4.95. The molecule has 0 atom stereocenters. The fourth-order valence-corrected chi connectivity index (χ4v) is 4.95. The van der Waals surface area contributed by atoms with Crippen molar-refractivity contribution in [1.82, 2.24) is 4.90 Å². The monoisotopic (exact) mass is 475 g/mol. The Hall–Kier alpha value is -2.74. The van der Waals surface area contributed by atoms with Gasteiger partial charge in [0, 0.05) is 18.4 Å². The highest BCUT2D eigenvalue weighted by atomic mass is 16.7. The summed E-state index contributed by atoms with van der Waals surface area (Å²) in [5.74, 6) is -0.392. The molecule has 1 aliphatic carbocycles. The predicted octanol–water partition coefficient (Wildman–Crippen LogP) is 3.89. The number of aliphatic hydroxyl groups is 1. The maximum absolute atomic E-state index is 13.6. The quantitative estimate of drug-likeness (QED) is 0.390. The van der Waals surface area contributed by atoms with Gasteiger partial charge in [-0.2, -0.15) is 0 Å². The van der Waals surface area contributed by atoms with Crippen molar-refractivity contribution in [1.29, 1.82) is 0 Å². The van der Waals surface area contributed by atoms with Crippen LogP contribution in [0.2, 0.25) is 0 Å². The van der Waals surface area contributed by atoms with Crippen LogP contribution in [0.4, 0.5) is 0 Å². The zero-order chi connectivity index (χ0) is 25.8. The molecule has 2 aliphatic rings. The SMILES string of the molecule is C=C(C)C1(O)CC(c2ccc(B3OC(C)(C)C(C)(C)O3)cc2)(N(C=O)C(=O)c2ccccc2C)C1. The first-order valence-corrected chi connectivity index (χ1v) is 12.0. The number of hydrogen-bond donors (Lipinski definition) is 1. The molecular weight excluding hydrogens is 441 g/mol. The van der Waals surface area contributed by atoms with Crippen LogP contribution in [-0.4, -0.2) is 46.2 Å². The first-order chi connectivity index (χ1) is 16.3. The van der Waals surface area contributed by atoms with Crippen molar-refractivity contribution in [2.75, 3.05) is 0 Å². The van der Waals surface area contributed by atoms with E-state index in [1.54, 1.807) is 19.1 Å². The van der Waals surface area contributed by atoms with Crippen LogP contribution in [-0.2, 0) is 19.6 Å². The van der Waals surface area contributed by atoms with E-state index >= 15 is 0 Å². The van der Waals surface area contributed by atoms with E-state index in [0.717, 1.165) is 16.6 Å². The maximum atomic E-state index is 13.6. The lowest BCUT2D eigenvalue weighted by atomic mass is 9.58. The Morgan fingerprint density at radius 3 is 2.06 bits per heavy atom. The Morgan fingerprint density at radius 2 is 1.57 bits per heavy atom. The summed E-state index contributed by atoms with van der Waals surface area (Å²) < 4.78 is 12.3. The Labute approximate surface area is 208 Å². The van der Waals surface area contributed by atoms with Gasteiger partial charge in [0.05, 0.1) is 22.3 Å². The lowest BCUT2D eigenvalue weighted by molar-refractivity contribution is -0.142. The normalized spacial score (nSPS) is 26.7. The van der Waals surface area contributed by atoms with Crippen LogP contribution < -0.4 is 5.46 Å². The van der Waals surface area contributed by atoms with E-state index in [2.05, 4.69) is 6.58 Å². The molecule has 0 unspecified atom stereocenters. The summed E-state index contributed by atoms with van der Waals surface area (Å²) >= 11 is 0. The van der Waals surface area contributed by atoms with Crippen LogP contribution in [0.5, 0.6) is 0 Å². The summed E-state index contributed by atoms with van der Waals surface area (Å²) in [5.41, 5.74) is 0.383. The molecule has 1 saturated heterocycles. The number of carbonyl (C=O) groups is 2. The standard InChI is InChI=1S/C28H34BNO5/c1-19(2)28(33)16-27(17-28,30(18-31)24(32)23-11-9-8-10-20(23)3)21-12-14-22(15-13-21)29-34-25(4,5)26(6,7)35-29/h8-15,18,33H,1,16-17H2,2-7H3. The molecule has 2 aromatic carbocycles. The van der Waals surface area contributed by atoms with Crippen LogP contribution in [0.15, 0.2) is 60.7 Å². The minimum atomic E-state index is -1.16. The van der Waals surface area contributed by atoms with Crippen LogP contribution in [0, 0.1) is 6.92 Å². The third-order valence-corrected chi connectivity index (χ3v) is 8.10. The summed E-state index contributed by atoms with van der Waals surface area (Å²) in [6, 6.07) is 14.8. The molecule has 1 saturated carbocycles. The van der Waals surface area contributed by atoms with E-state index in [4.69, 9.17) is 9.31 Å². The summed E-state index contributed by atoms with van der Waals surface area (Å²) in [5, 5.41) is 11.1. The maximum Gasteiger partial charge on any atom is 0.494 e. The highest BCUT2D eigenvalue weighted by molar-refractivity contribution is 6.62. The second-order valence-corrected chi connectivity index (χ2v) is 11.0. The van der Waals surface area contributed by atoms with Gasteiger partial charge in [-0.1, -0.05) is 49.0 Å². The molecule has 0 aromatic heterocycles. The number of rotatable bonds is 6. The summed E-state index contributed by atoms with van der Waals surface area (Å²) in [4.78, 5) is 27.2. The molecule has 2 aromatic rings. The number of amides is 2. The minimum absolute atomic E-state index is 0.182. The molecule has 6 nitrogen and oxygen atoms in total. The van der Waals surface area contributed by atoms with E-state index in [9.17, 15) is 14.7 Å². The molecule has 1 N–H and O–H groups in total. The van der Waals surface area contributed by atoms with Gasteiger partial charge >= 0.3 is 7.12 Å². The number of nitrogens with zero attached hydrogens (tertiary/aromatic N) is 1.